The van der Waals surface area contributed by atoms with Gasteiger partial charge in [-0.2, -0.15) is 0 Å². The van der Waals surface area contributed by atoms with Crippen molar-refractivity contribution in [3.8, 4) is 0 Å². The molecule has 0 saturated heterocycles. The second-order valence-corrected chi connectivity index (χ2v) is 7.65. The third kappa shape index (κ3) is 4.25. The predicted molar refractivity (Wildman–Crippen MR) is 82.3 cm³/mol. The van der Waals surface area contributed by atoms with Crippen LogP contribution in [0.2, 0.25) is 0 Å². The lowest BCUT2D eigenvalue weighted by Crippen LogP contribution is -2.40. The molecule has 0 bridgehead atoms. The quantitative estimate of drug-likeness (QED) is 0.815. The first kappa shape index (κ1) is 13.3. The summed E-state index contributed by atoms with van der Waals surface area (Å²) < 4.78 is 1.32. The lowest BCUT2D eigenvalue weighted by atomic mass is 9.95. The molecule has 0 atom stereocenters. The topological polar surface area (TPSA) is 12.0 Å². The zero-order valence-electron chi connectivity index (χ0n) is 11.0. The van der Waals surface area contributed by atoms with Gasteiger partial charge in [0, 0.05) is 15.7 Å². The van der Waals surface area contributed by atoms with Crippen LogP contribution in [0.15, 0.2) is 24.3 Å². The van der Waals surface area contributed by atoms with E-state index in [9.17, 15) is 0 Å². The first-order valence-electron chi connectivity index (χ1n) is 6.38. The second kappa shape index (κ2) is 4.88. The maximum atomic E-state index is 3.65. The standard InChI is InChI=1S/C15H22IN/c1-14(2,3)17-11-15(8-9-15)10-12-4-6-13(16)7-5-12/h4-7,17H,8-11H2,1-3H3. The molecule has 0 heterocycles. The van der Waals surface area contributed by atoms with E-state index < -0.39 is 0 Å². The van der Waals surface area contributed by atoms with Crippen LogP contribution in [0.3, 0.4) is 0 Å². The van der Waals surface area contributed by atoms with Gasteiger partial charge in [0.05, 0.1) is 0 Å². The Hall–Kier alpha value is -0.0900. The molecule has 1 fully saturated rings. The van der Waals surface area contributed by atoms with Gasteiger partial charge in [-0.05, 0) is 85.7 Å². The molecule has 1 aromatic rings. The van der Waals surface area contributed by atoms with Crippen LogP contribution in [0.4, 0.5) is 0 Å². The van der Waals surface area contributed by atoms with Gasteiger partial charge in [-0.15, -0.1) is 0 Å². The molecule has 0 amide bonds. The lowest BCUT2D eigenvalue weighted by Gasteiger charge is -2.25. The van der Waals surface area contributed by atoms with Crippen LogP contribution < -0.4 is 5.32 Å². The van der Waals surface area contributed by atoms with E-state index in [0.29, 0.717) is 5.41 Å². The summed E-state index contributed by atoms with van der Waals surface area (Å²) in [6, 6.07) is 8.98. The molecular weight excluding hydrogens is 321 g/mol. The minimum Gasteiger partial charge on any atom is -0.312 e. The molecule has 1 aromatic carbocycles. The van der Waals surface area contributed by atoms with Crippen LogP contribution >= 0.6 is 22.6 Å². The lowest BCUT2D eigenvalue weighted by molar-refractivity contribution is 0.356. The van der Waals surface area contributed by atoms with Crippen LogP contribution in [0.1, 0.15) is 39.2 Å². The molecule has 0 spiro atoms. The van der Waals surface area contributed by atoms with E-state index >= 15 is 0 Å². The molecule has 0 aromatic heterocycles. The summed E-state index contributed by atoms with van der Waals surface area (Å²) in [7, 11) is 0. The van der Waals surface area contributed by atoms with Crippen molar-refractivity contribution in [1.29, 1.82) is 0 Å². The van der Waals surface area contributed by atoms with Gasteiger partial charge >= 0.3 is 0 Å². The third-order valence-corrected chi connectivity index (χ3v) is 4.16. The summed E-state index contributed by atoms with van der Waals surface area (Å²) in [6.45, 7) is 7.89. The maximum absolute atomic E-state index is 3.65. The van der Waals surface area contributed by atoms with Crippen molar-refractivity contribution in [2.75, 3.05) is 6.54 Å². The molecule has 1 saturated carbocycles. The maximum Gasteiger partial charge on any atom is 0.0130 e. The Kier molecular flexibility index (Phi) is 3.83. The summed E-state index contributed by atoms with van der Waals surface area (Å²) >= 11 is 2.36. The van der Waals surface area contributed by atoms with E-state index in [0.717, 1.165) is 6.54 Å². The minimum absolute atomic E-state index is 0.238. The fourth-order valence-corrected chi connectivity index (χ4v) is 2.44. The van der Waals surface area contributed by atoms with E-state index in [4.69, 9.17) is 0 Å². The van der Waals surface area contributed by atoms with Crippen molar-refractivity contribution in [1.82, 2.24) is 5.32 Å². The molecule has 0 aliphatic heterocycles. The molecule has 1 N–H and O–H groups in total. The molecule has 1 aliphatic carbocycles. The number of hydrogen-bond acceptors (Lipinski definition) is 1. The molecule has 1 aliphatic rings. The van der Waals surface area contributed by atoms with Gasteiger partial charge in [-0.3, -0.25) is 0 Å². The Morgan fingerprint density at radius 1 is 1.18 bits per heavy atom. The largest absolute Gasteiger partial charge is 0.312 e. The summed E-state index contributed by atoms with van der Waals surface area (Å²) in [5, 5.41) is 3.65. The van der Waals surface area contributed by atoms with E-state index in [1.165, 1.54) is 28.4 Å². The Morgan fingerprint density at radius 3 is 2.24 bits per heavy atom. The third-order valence-electron chi connectivity index (χ3n) is 3.44. The van der Waals surface area contributed by atoms with Gasteiger partial charge in [0.15, 0.2) is 0 Å². The zero-order chi connectivity index (χ0) is 12.5. The fourth-order valence-electron chi connectivity index (χ4n) is 2.08. The van der Waals surface area contributed by atoms with Crippen LogP contribution in [-0.2, 0) is 6.42 Å². The van der Waals surface area contributed by atoms with Gasteiger partial charge in [-0.25, -0.2) is 0 Å². The van der Waals surface area contributed by atoms with Crippen LogP contribution in [-0.4, -0.2) is 12.1 Å². The van der Waals surface area contributed by atoms with Crippen LogP contribution in [0, 0.1) is 8.99 Å². The van der Waals surface area contributed by atoms with E-state index in [1.54, 1.807) is 0 Å². The number of benzene rings is 1. The SMILES string of the molecule is CC(C)(C)NCC1(Cc2ccc(I)cc2)CC1. The second-order valence-electron chi connectivity index (χ2n) is 6.41. The Morgan fingerprint density at radius 2 is 1.76 bits per heavy atom. The van der Waals surface area contributed by atoms with Crippen molar-refractivity contribution in [3.63, 3.8) is 0 Å². The summed E-state index contributed by atoms with van der Waals surface area (Å²) in [5.74, 6) is 0. The molecule has 17 heavy (non-hydrogen) atoms. The highest BCUT2D eigenvalue weighted by Gasteiger charge is 2.42. The average Bonchev–Trinajstić information content (AvgIpc) is 2.99. The summed E-state index contributed by atoms with van der Waals surface area (Å²) in [5.41, 5.74) is 2.26. The van der Waals surface area contributed by atoms with Crippen LogP contribution in [0.25, 0.3) is 0 Å². The molecule has 2 rings (SSSR count). The van der Waals surface area contributed by atoms with Crippen molar-refractivity contribution in [2.24, 2.45) is 5.41 Å². The highest BCUT2D eigenvalue weighted by Crippen LogP contribution is 2.48. The first-order valence-corrected chi connectivity index (χ1v) is 7.46. The Balaban J connectivity index is 1.92. The van der Waals surface area contributed by atoms with Gasteiger partial charge < -0.3 is 5.32 Å². The highest BCUT2D eigenvalue weighted by atomic mass is 127. The van der Waals surface area contributed by atoms with E-state index in [2.05, 4.69) is 72.9 Å². The number of hydrogen-bond donors (Lipinski definition) is 1. The van der Waals surface area contributed by atoms with Gasteiger partial charge in [0.2, 0.25) is 0 Å². The van der Waals surface area contributed by atoms with Gasteiger partial charge in [-0.1, -0.05) is 12.1 Å². The van der Waals surface area contributed by atoms with Crippen molar-refractivity contribution in [3.05, 3.63) is 33.4 Å². The molecular formula is C15H22IN. The van der Waals surface area contributed by atoms with Crippen molar-refractivity contribution in [2.45, 2.75) is 45.6 Å². The number of nitrogens with one attached hydrogen (secondary N) is 1. The summed E-state index contributed by atoms with van der Waals surface area (Å²) in [4.78, 5) is 0. The first-order chi connectivity index (χ1) is 7.89. The zero-order valence-corrected chi connectivity index (χ0v) is 13.2. The molecule has 0 unspecified atom stereocenters. The monoisotopic (exact) mass is 343 g/mol. The Labute approximate surface area is 119 Å². The van der Waals surface area contributed by atoms with Gasteiger partial charge in [0.1, 0.15) is 0 Å². The van der Waals surface area contributed by atoms with Gasteiger partial charge in [0.25, 0.3) is 0 Å². The Bertz CT molecular complexity index is 371. The minimum atomic E-state index is 0.238. The van der Waals surface area contributed by atoms with Crippen molar-refractivity contribution >= 4 is 22.6 Å². The number of halogens is 1. The predicted octanol–water partition coefficient (Wildman–Crippen LogP) is 4.00. The smallest absolute Gasteiger partial charge is 0.0130 e. The summed E-state index contributed by atoms with van der Waals surface area (Å²) in [6.07, 6.45) is 3.98. The number of rotatable bonds is 4. The normalized spacial score (nSPS) is 18.1. The molecule has 94 valence electrons. The molecule has 2 heteroatoms. The van der Waals surface area contributed by atoms with E-state index in [1.807, 2.05) is 0 Å². The van der Waals surface area contributed by atoms with Crippen LogP contribution in [0.5, 0.6) is 0 Å². The van der Waals surface area contributed by atoms with Crippen molar-refractivity contribution < 1.29 is 0 Å². The highest BCUT2D eigenvalue weighted by molar-refractivity contribution is 14.1. The molecule has 0 radical (unpaired) electrons. The fraction of sp³-hybridized carbons (Fsp3) is 0.600. The van der Waals surface area contributed by atoms with E-state index in [-0.39, 0.29) is 5.54 Å². The average molecular weight is 343 g/mol. The molecule has 1 nitrogen and oxygen atoms in total.